The van der Waals surface area contributed by atoms with Crippen LogP contribution in [0.25, 0.3) is 0 Å². The van der Waals surface area contributed by atoms with Gasteiger partial charge in [0.25, 0.3) is 5.91 Å². The second kappa shape index (κ2) is 10.5. The predicted molar refractivity (Wildman–Crippen MR) is 126 cm³/mol. The number of rotatable bonds is 7. The summed E-state index contributed by atoms with van der Waals surface area (Å²) in [5.41, 5.74) is 3.66. The van der Waals surface area contributed by atoms with E-state index >= 15 is 0 Å². The lowest BCUT2D eigenvalue weighted by molar-refractivity contribution is 0.0760. The molecule has 0 unspecified atom stereocenters. The van der Waals surface area contributed by atoms with Gasteiger partial charge in [0.15, 0.2) is 0 Å². The monoisotopic (exact) mass is 449 g/mol. The maximum absolute atomic E-state index is 13.2. The summed E-state index contributed by atoms with van der Waals surface area (Å²) in [5, 5.41) is 3.96. The minimum atomic E-state index is 0.0455. The molecule has 2 aromatic carbocycles. The molecule has 174 valence electrons. The number of aryl methyl sites for hydroxylation is 2. The number of methoxy groups -OCH3 is 1. The number of carbonyl (C=O) groups excluding carboxylic acids is 1. The summed E-state index contributed by atoms with van der Waals surface area (Å²) in [4.78, 5) is 17.5. The van der Waals surface area contributed by atoms with E-state index in [2.05, 4.69) is 22.2 Å². The molecule has 2 heterocycles. The first-order valence-electron chi connectivity index (χ1n) is 11.3. The van der Waals surface area contributed by atoms with Crippen molar-refractivity contribution >= 4 is 5.91 Å². The Morgan fingerprint density at radius 1 is 1.03 bits per heavy atom. The number of carbonyl (C=O) groups is 1. The van der Waals surface area contributed by atoms with Gasteiger partial charge < -0.3 is 18.9 Å². The van der Waals surface area contributed by atoms with E-state index in [4.69, 9.17) is 14.0 Å². The van der Waals surface area contributed by atoms with Gasteiger partial charge in [-0.1, -0.05) is 23.4 Å². The summed E-state index contributed by atoms with van der Waals surface area (Å²) in [6.07, 6.45) is 0.949. The van der Waals surface area contributed by atoms with Crippen LogP contribution in [-0.2, 0) is 13.2 Å². The van der Waals surface area contributed by atoms with Gasteiger partial charge in [0.2, 0.25) is 0 Å². The average molecular weight is 450 g/mol. The molecular weight excluding hydrogens is 418 g/mol. The van der Waals surface area contributed by atoms with Gasteiger partial charge in [0, 0.05) is 38.3 Å². The topological polar surface area (TPSA) is 68.0 Å². The summed E-state index contributed by atoms with van der Waals surface area (Å²) in [5.74, 6) is 2.33. The fourth-order valence-electron chi connectivity index (χ4n) is 4.09. The van der Waals surface area contributed by atoms with E-state index < -0.39 is 0 Å². The smallest absolute Gasteiger partial charge is 0.254 e. The molecule has 0 atom stereocenters. The highest BCUT2D eigenvalue weighted by Crippen LogP contribution is 2.20. The molecule has 0 spiro atoms. The lowest BCUT2D eigenvalue weighted by Crippen LogP contribution is -2.35. The van der Waals surface area contributed by atoms with Gasteiger partial charge in [0.1, 0.15) is 23.9 Å². The van der Waals surface area contributed by atoms with Crippen LogP contribution in [-0.4, -0.2) is 54.2 Å². The lowest BCUT2D eigenvalue weighted by atomic mass is 10.1. The first-order valence-corrected chi connectivity index (χ1v) is 11.3. The van der Waals surface area contributed by atoms with Crippen LogP contribution < -0.4 is 9.47 Å². The zero-order valence-corrected chi connectivity index (χ0v) is 19.5. The van der Waals surface area contributed by atoms with E-state index in [9.17, 15) is 4.79 Å². The minimum Gasteiger partial charge on any atom is -0.497 e. The van der Waals surface area contributed by atoms with Gasteiger partial charge in [-0.25, -0.2) is 0 Å². The molecule has 1 aromatic heterocycles. The fraction of sp³-hybridized carbons (Fsp3) is 0.385. The van der Waals surface area contributed by atoms with Gasteiger partial charge in [0.05, 0.1) is 18.4 Å². The molecule has 1 saturated heterocycles. The number of hydrogen-bond donors (Lipinski definition) is 0. The van der Waals surface area contributed by atoms with E-state index in [1.165, 1.54) is 5.56 Å². The molecule has 1 fully saturated rings. The average Bonchev–Trinajstić information content (AvgIpc) is 3.01. The summed E-state index contributed by atoms with van der Waals surface area (Å²) in [7, 11) is 1.68. The van der Waals surface area contributed by atoms with E-state index in [1.807, 2.05) is 55.1 Å². The van der Waals surface area contributed by atoms with E-state index in [0.717, 1.165) is 55.4 Å². The normalized spacial score (nSPS) is 14.7. The molecule has 0 N–H and O–H groups in total. The summed E-state index contributed by atoms with van der Waals surface area (Å²) < 4.78 is 16.4. The van der Waals surface area contributed by atoms with Crippen LogP contribution in [0.2, 0.25) is 0 Å². The Bertz CT molecular complexity index is 1060. The van der Waals surface area contributed by atoms with Gasteiger partial charge in [-0.2, -0.15) is 0 Å². The fourth-order valence-corrected chi connectivity index (χ4v) is 4.09. The van der Waals surface area contributed by atoms with Crippen LogP contribution in [0.15, 0.2) is 53.1 Å². The molecule has 0 radical (unpaired) electrons. The second-order valence-corrected chi connectivity index (χ2v) is 8.39. The Hall–Kier alpha value is -3.32. The van der Waals surface area contributed by atoms with Crippen molar-refractivity contribution < 1.29 is 18.8 Å². The maximum atomic E-state index is 13.2. The molecule has 3 aromatic rings. The van der Waals surface area contributed by atoms with Gasteiger partial charge in [-0.3, -0.25) is 9.69 Å². The number of benzene rings is 2. The quantitative estimate of drug-likeness (QED) is 0.538. The summed E-state index contributed by atoms with van der Waals surface area (Å²) in [6, 6.07) is 15.6. The zero-order chi connectivity index (χ0) is 23.2. The molecular formula is C26H31N3O4. The third-order valence-corrected chi connectivity index (χ3v) is 6.09. The highest BCUT2D eigenvalue weighted by molar-refractivity contribution is 5.94. The van der Waals surface area contributed by atoms with Gasteiger partial charge in [-0.05, 0) is 56.2 Å². The molecule has 7 nitrogen and oxygen atoms in total. The molecule has 1 aliphatic rings. The summed E-state index contributed by atoms with van der Waals surface area (Å²) in [6.45, 7) is 8.28. The first kappa shape index (κ1) is 22.9. The Labute approximate surface area is 194 Å². The molecule has 33 heavy (non-hydrogen) atoms. The van der Waals surface area contributed by atoms with Gasteiger partial charge >= 0.3 is 0 Å². The zero-order valence-electron chi connectivity index (χ0n) is 19.5. The molecule has 1 amide bonds. The molecule has 0 bridgehead atoms. The SMILES string of the molecule is COc1ccc(CN2CCCN(C(=O)c3cccc(OCc4c(C)noc4C)c3)CC2)cc1. The van der Waals surface area contributed by atoms with E-state index in [-0.39, 0.29) is 5.91 Å². The maximum Gasteiger partial charge on any atom is 0.254 e. The number of ether oxygens (including phenoxy) is 2. The molecule has 4 rings (SSSR count). The molecule has 0 saturated carbocycles. The van der Waals surface area contributed by atoms with Crippen LogP contribution in [0.4, 0.5) is 0 Å². The van der Waals surface area contributed by atoms with E-state index in [1.54, 1.807) is 7.11 Å². The standard InChI is InChI=1S/C26H31N3O4/c1-19-25(20(2)33-27-19)18-32-24-7-4-6-22(16-24)26(30)29-13-5-12-28(14-15-29)17-21-8-10-23(31-3)11-9-21/h4,6-11,16H,5,12-15,17-18H2,1-3H3. The van der Waals surface area contributed by atoms with Crippen molar-refractivity contribution in [2.75, 3.05) is 33.3 Å². The largest absolute Gasteiger partial charge is 0.497 e. The molecule has 7 heteroatoms. The molecule has 1 aliphatic heterocycles. The van der Waals surface area contributed by atoms with Crippen molar-refractivity contribution in [1.82, 2.24) is 15.0 Å². The van der Waals surface area contributed by atoms with Crippen molar-refractivity contribution in [2.24, 2.45) is 0 Å². The first-order chi connectivity index (χ1) is 16.0. The molecule has 0 aliphatic carbocycles. The number of nitrogens with zero attached hydrogens (tertiary/aromatic N) is 3. The third-order valence-electron chi connectivity index (χ3n) is 6.09. The Kier molecular flexibility index (Phi) is 7.29. The Balaban J connectivity index is 1.34. The van der Waals surface area contributed by atoms with Crippen LogP contribution >= 0.6 is 0 Å². The highest BCUT2D eigenvalue weighted by atomic mass is 16.5. The second-order valence-electron chi connectivity index (χ2n) is 8.39. The van der Waals surface area contributed by atoms with Crippen LogP contribution in [0, 0.1) is 13.8 Å². The third kappa shape index (κ3) is 5.73. The minimum absolute atomic E-state index is 0.0455. The number of amides is 1. The van der Waals surface area contributed by atoms with Crippen molar-refractivity contribution in [2.45, 2.75) is 33.4 Å². The van der Waals surface area contributed by atoms with E-state index in [0.29, 0.717) is 24.5 Å². The number of aromatic nitrogens is 1. The predicted octanol–water partition coefficient (Wildman–Crippen LogP) is 4.23. The van der Waals surface area contributed by atoms with Crippen molar-refractivity contribution in [1.29, 1.82) is 0 Å². The highest BCUT2D eigenvalue weighted by Gasteiger charge is 2.21. The van der Waals surface area contributed by atoms with Gasteiger partial charge in [-0.15, -0.1) is 0 Å². The van der Waals surface area contributed by atoms with Crippen molar-refractivity contribution in [3.8, 4) is 11.5 Å². The lowest BCUT2D eigenvalue weighted by Gasteiger charge is -2.22. The van der Waals surface area contributed by atoms with Crippen LogP contribution in [0.3, 0.4) is 0 Å². The van der Waals surface area contributed by atoms with Crippen LogP contribution in [0.1, 0.15) is 39.4 Å². The van der Waals surface area contributed by atoms with Crippen LogP contribution in [0.5, 0.6) is 11.5 Å². The number of hydrogen-bond acceptors (Lipinski definition) is 6. The summed E-state index contributed by atoms with van der Waals surface area (Å²) >= 11 is 0. The Morgan fingerprint density at radius 2 is 1.85 bits per heavy atom. The van der Waals surface area contributed by atoms with Crippen molar-refractivity contribution in [3.63, 3.8) is 0 Å². The Morgan fingerprint density at radius 3 is 2.58 bits per heavy atom. The van der Waals surface area contributed by atoms with Crippen molar-refractivity contribution in [3.05, 3.63) is 76.7 Å².